The molecule has 5 heteroatoms. The number of esters is 1. The average molecular weight is 309 g/mol. The largest absolute Gasteiger partial charge is 0.456 e. The van der Waals surface area contributed by atoms with Gasteiger partial charge in [-0.2, -0.15) is 8.78 Å². The van der Waals surface area contributed by atoms with Crippen molar-refractivity contribution in [3.8, 4) is 11.8 Å². The zero-order valence-corrected chi connectivity index (χ0v) is 11.9. The van der Waals surface area contributed by atoms with E-state index in [1.807, 2.05) is 0 Å². The zero-order valence-electron chi connectivity index (χ0n) is 11.1. The number of ether oxygens (including phenoxy) is 1. The first kappa shape index (κ1) is 15.3. The molecule has 0 aliphatic carbocycles. The van der Waals surface area contributed by atoms with E-state index in [1.165, 1.54) is 18.2 Å². The lowest BCUT2D eigenvalue weighted by atomic mass is 10.0. The SMILES string of the molecule is CCOC(=O)C#CC(F)(F)c1ccc2cc(Cl)ccc2c1. The van der Waals surface area contributed by atoms with Gasteiger partial charge in [-0.25, -0.2) is 4.79 Å². The molecular formula is C16H11ClF2O2. The van der Waals surface area contributed by atoms with Crippen LogP contribution in [0.2, 0.25) is 5.02 Å². The molecule has 0 spiro atoms. The van der Waals surface area contributed by atoms with Gasteiger partial charge in [0, 0.05) is 16.5 Å². The summed E-state index contributed by atoms with van der Waals surface area (Å²) in [4.78, 5) is 11.0. The quantitative estimate of drug-likeness (QED) is 0.473. The monoisotopic (exact) mass is 308 g/mol. The van der Waals surface area contributed by atoms with Crippen LogP contribution in [-0.2, 0) is 15.5 Å². The summed E-state index contributed by atoms with van der Waals surface area (Å²) in [7, 11) is 0. The number of hydrogen-bond acceptors (Lipinski definition) is 2. The molecule has 0 N–H and O–H groups in total. The molecule has 2 rings (SSSR count). The van der Waals surface area contributed by atoms with Crippen molar-refractivity contribution in [1.82, 2.24) is 0 Å². The third kappa shape index (κ3) is 3.71. The van der Waals surface area contributed by atoms with Crippen molar-refractivity contribution in [3.63, 3.8) is 0 Å². The van der Waals surface area contributed by atoms with Crippen molar-refractivity contribution in [2.75, 3.05) is 6.61 Å². The highest BCUT2D eigenvalue weighted by Crippen LogP contribution is 2.30. The van der Waals surface area contributed by atoms with E-state index in [0.29, 0.717) is 10.4 Å². The Morgan fingerprint density at radius 3 is 2.62 bits per heavy atom. The van der Waals surface area contributed by atoms with E-state index in [2.05, 4.69) is 4.74 Å². The first-order valence-corrected chi connectivity index (χ1v) is 6.58. The molecule has 0 saturated carbocycles. The van der Waals surface area contributed by atoms with Crippen LogP contribution in [0.1, 0.15) is 12.5 Å². The van der Waals surface area contributed by atoms with Gasteiger partial charge in [0.2, 0.25) is 0 Å². The minimum Gasteiger partial charge on any atom is -0.456 e. The molecule has 108 valence electrons. The first-order chi connectivity index (χ1) is 9.92. The van der Waals surface area contributed by atoms with Gasteiger partial charge in [0.15, 0.2) is 0 Å². The van der Waals surface area contributed by atoms with Crippen LogP contribution < -0.4 is 0 Å². The average Bonchev–Trinajstić information content (AvgIpc) is 2.45. The number of rotatable bonds is 2. The van der Waals surface area contributed by atoms with Crippen molar-refractivity contribution >= 4 is 28.3 Å². The number of benzene rings is 2. The zero-order chi connectivity index (χ0) is 15.5. The van der Waals surface area contributed by atoms with Crippen molar-refractivity contribution < 1.29 is 18.3 Å². The van der Waals surface area contributed by atoms with Crippen molar-refractivity contribution in [2.24, 2.45) is 0 Å². The summed E-state index contributed by atoms with van der Waals surface area (Å²) in [6, 6.07) is 9.08. The van der Waals surface area contributed by atoms with E-state index in [0.717, 1.165) is 5.39 Å². The molecule has 0 aliphatic rings. The van der Waals surface area contributed by atoms with Gasteiger partial charge >= 0.3 is 11.9 Å². The van der Waals surface area contributed by atoms with Crippen LogP contribution in [0.25, 0.3) is 10.8 Å². The molecule has 0 fully saturated rings. The number of hydrogen-bond donors (Lipinski definition) is 0. The molecule has 0 saturated heterocycles. The number of carbonyl (C=O) groups excluding carboxylic acids is 1. The van der Waals surface area contributed by atoms with Crippen LogP contribution >= 0.6 is 11.6 Å². The van der Waals surface area contributed by atoms with Gasteiger partial charge in [0.25, 0.3) is 0 Å². The van der Waals surface area contributed by atoms with E-state index in [-0.39, 0.29) is 12.2 Å². The van der Waals surface area contributed by atoms with E-state index in [9.17, 15) is 13.6 Å². The highest BCUT2D eigenvalue weighted by molar-refractivity contribution is 6.31. The second-order valence-electron chi connectivity index (χ2n) is 4.25. The van der Waals surface area contributed by atoms with Gasteiger partial charge in [-0.15, -0.1) is 0 Å². The fourth-order valence-electron chi connectivity index (χ4n) is 1.78. The van der Waals surface area contributed by atoms with E-state index < -0.39 is 11.9 Å². The molecule has 0 radical (unpaired) electrons. The number of alkyl halides is 2. The minimum absolute atomic E-state index is 0.0931. The molecule has 2 aromatic rings. The van der Waals surface area contributed by atoms with Gasteiger partial charge in [-0.05, 0) is 41.8 Å². The van der Waals surface area contributed by atoms with Crippen molar-refractivity contribution in [3.05, 3.63) is 47.0 Å². The third-order valence-corrected chi connectivity index (χ3v) is 3.00. The fourth-order valence-corrected chi connectivity index (χ4v) is 1.96. The van der Waals surface area contributed by atoms with Crippen molar-refractivity contribution in [1.29, 1.82) is 0 Å². The Labute approximate surface area is 125 Å². The minimum atomic E-state index is -3.43. The maximum absolute atomic E-state index is 14.0. The number of halogens is 3. The lowest BCUT2D eigenvalue weighted by Gasteiger charge is -2.10. The molecule has 2 nitrogen and oxygen atoms in total. The highest BCUT2D eigenvalue weighted by Gasteiger charge is 2.29. The maximum Gasteiger partial charge on any atom is 0.384 e. The molecule has 2 aromatic carbocycles. The lowest BCUT2D eigenvalue weighted by molar-refractivity contribution is -0.136. The van der Waals surface area contributed by atoms with Crippen LogP contribution in [-0.4, -0.2) is 12.6 Å². The molecule has 0 heterocycles. The molecule has 21 heavy (non-hydrogen) atoms. The number of carbonyl (C=O) groups is 1. The van der Waals surface area contributed by atoms with Crippen LogP contribution in [0.4, 0.5) is 8.78 Å². The Bertz CT molecular complexity index is 745. The maximum atomic E-state index is 14.0. The highest BCUT2D eigenvalue weighted by atomic mass is 35.5. The van der Waals surface area contributed by atoms with Gasteiger partial charge < -0.3 is 4.74 Å². The Kier molecular flexibility index (Phi) is 4.44. The summed E-state index contributed by atoms with van der Waals surface area (Å²) in [6.07, 6.45) is 0. The Morgan fingerprint density at radius 1 is 1.24 bits per heavy atom. The topological polar surface area (TPSA) is 26.3 Å². The van der Waals surface area contributed by atoms with E-state index in [1.54, 1.807) is 37.0 Å². The predicted octanol–water partition coefficient (Wildman–Crippen LogP) is 4.15. The third-order valence-electron chi connectivity index (χ3n) is 2.76. The van der Waals surface area contributed by atoms with Crippen LogP contribution in [0.5, 0.6) is 0 Å². The Balaban J connectivity index is 2.35. The molecular weight excluding hydrogens is 298 g/mol. The Morgan fingerprint density at radius 2 is 1.90 bits per heavy atom. The smallest absolute Gasteiger partial charge is 0.384 e. The summed E-state index contributed by atoms with van der Waals surface area (Å²) < 4.78 is 32.4. The van der Waals surface area contributed by atoms with E-state index in [4.69, 9.17) is 11.6 Å². The summed E-state index contributed by atoms with van der Waals surface area (Å²) in [5, 5.41) is 1.90. The van der Waals surface area contributed by atoms with Crippen LogP contribution in [0, 0.1) is 11.8 Å². The summed E-state index contributed by atoms with van der Waals surface area (Å²) in [6.45, 7) is 1.67. The fraction of sp³-hybridized carbons (Fsp3) is 0.188. The normalized spacial score (nSPS) is 10.9. The Hall–Kier alpha value is -2.12. The molecule has 0 aliphatic heterocycles. The first-order valence-electron chi connectivity index (χ1n) is 6.20. The molecule has 0 unspecified atom stereocenters. The second kappa shape index (κ2) is 6.11. The molecule has 0 aromatic heterocycles. The van der Waals surface area contributed by atoms with Gasteiger partial charge in [0.05, 0.1) is 6.61 Å². The lowest BCUT2D eigenvalue weighted by Crippen LogP contribution is -2.11. The van der Waals surface area contributed by atoms with Gasteiger partial charge in [0.1, 0.15) is 0 Å². The summed E-state index contributed by atoms with van der Waals surface area (Å²) in [5.74, 6) is -0.949. The van der Waals surface area contributed by atoms with Crippen molar-refractivity contribution in [2.45, 2.75) is 12.8 Å². The van der Waals surface area contributed by atoms with Gasteiger partial charge in [-0.3, -0.25) is 0 Å². The second-order valence-corrected chi connectivity index (χ2v) is 4.69. The van der Waals surface area contributed by atoms with Crippen LogP contribution in [0.3, 0.4) is 0 Å². The van der Waals surface area contributed by atoms with Gasteiger partial charge in [-0.1, -0.05) is 29.8 Å². The molecule has 0 amide bonds. The summed E-state index contributed by atoms with van der Waals surface area (Å²) >= 11 is 5.84. The molecule has 0 atom stereocenters. The standard InChI is InChI=1S/C16H11ClF2O2/c1-2-21-15(20)7-8-16(18,19)13-5-3-12-10-14(17)6-4-11(12)9-13/h3-6,9-10H,2H2,1H3. The number of fused-ring (bicyclic) bond motifs is 1. The predicted molar refractivity (Wildman–Crippen MR) is 77.3 cm³/mol. The summed E-state index contributed by atoms with van der Waals surface area (Å²) in [5.41, 5.74) is -0.283. The van der Waals surface area contributed by atoms with E-state index >= 15 is 0 Å². The van der Waals surface area contributed by atoms with Crippen LogP contribution in [0.15, 0.2) is 36.4 Å². The molecule has 0 bridgehead atoms.